The SMILES string of the molecule is CCn1c(-c2cccnc2[C@H](C)OC)c2c3cc(ccc31)-c1csc(n1)[C@@H](OCC(F)(F)F)[C@H](NC(=O)[C@H]1[C@H](C)[C@@H]1C)C(=O)N1CCC[C@H](N1)C(=O)OCC(C)(C)C2. The van der Waals surface area contributed by atoms with Crippen LogP contribution in [0.25, 0.3) is 33.4 Å². The van der Waals surface area contributed by atoms with Crippen molar-refractivity contribution in [3.8, 4) is 22.5 Å². The van der Waals surface area contributed by atoms with Gasteiger partial charge in [-0.3, -0.25) is 24.4 Å². The van der Waals surface area contributed by atoms with Gasteiger partial charge in [0, 0.05) is 65.1 Å². The predicted molar refractivity (Wildman–Crippen MR) is 212 cm³/mol. The third-order valence-corrected chi connectivity index (χ3v) is 12.7. The quantitative estimate of drug-likeness (QED) is 0.177. The van der Waals surface area contributed by atoms with Crippen LogP contribution in [0.15, 0.2) is 41.9 Å². The number of amides is 2. The van der Waals surface area contributed by atoms with E-state index in [1.165, 1.54) is 5.01 Å². The van der Waals surface area contributed by atoms with Crippen molar-refractivity contribution >= 4 is 40.0 Å². The molecule has 0 radical (unpaired) electrons. The van der Waals surface area contributed by atoms with E-state index in [9.17, 15) is 27.6 Å². The Labute approximate surface area is 339 Å². The van der Waals surface area contributed by atoms with Gasteiger partial charge in [0.15, 0.2) is 0 Å². The van der Waals surface area contributed by atoms with Crippen LogP contribution in [0.1, 0.15) is 82.9 Å². The zero-order valence-electron chi connectivity index (χ0n) is 33.8. The van der Waals surface area contributed by atoms with Crippen LogP contribution < -0.4 is 10.7 Å². The molecule has 1 aliphatic carbocycles. The van der Waals surface area contributed by atoms with Gasteiger partial charge in [0.05, 0.1) is 29.8 Å². The lowest BCUT2D eigenvalue weighted by Crippen LogP contribution is -2.61. The second-order valence-electron chi connectivity index (χ2n) is 16.5. The smallest absolute Gasteiger partial charge is 0.411 e. The van der Waals surface area contributed by atoms with Crippen LogP contribution in [0, 0.1) is 23.2 Å². The standard InChI is InChI=1S/C42H51F3N6O6S/c1-8-50-31-14-13-25-17-27(31)28(35(50)26-11-9-15-46-33(26)24(4)55-7)18-41(5,6)20-57-40(54)29-12-10-16-51(49-29)39(53)34(48-37(52)32-22(2)23(32)3)36(56-21-42(43,44)45)38-47-30(25)19-58-38/h9,11,13-15,17,19,22-24,29,32,34,36,49H,8,10,12,16,18,20-21H2,1-7H3,(H,48,52)/t22-,23+,24-,29-,32+,34-,36-/m0/s1. The number of thiazole rings is 1. The monoisotopic (exact) mass is 824 g/mol. The molecule has 1 saturated heterocycles. The van der Waals surface area contributed by atoms with E-state index in [1.54, 1.807) is 18.7 Å². The number of fused-ring (bicyclic) bond motifs is 6. The van der Waals surface area contributed by atoms with Crippen LogP contribution in [0.2, 0.25) is 0 Å². The molecule has 2 N–H and O–H groups in total. The van der Waals surface area contributed by atoms with E-state index in [0.29, 0.717) is 37.1 Å². The highest BCUT2D eigenvalue weighted by Gasteiger charge is 2.50. The van der Waals surface area contributed by atoms with Gasteiger partial charge in [0.25, 0.3) is 5.91 Å². The molecule has 3 aromatic heterocycles. The van der Waals surface area contributed by atoms with Gasteiger partial charge in [-0.25, -0.2) is 10.4 Å². The summed E-state index contributed by atoms with van der Waals surface area (Å²) in [5, 5.41) is 6.69. The zero-order chi connectivity index (χ0) is 41.7. The number of benzene rings is 1. The second-order valence-corrected chi connectivity index (χ2v) is 17.4. The fourth-order valence-corrected chi connectivity index (χ4v) is 9.24. The van der Waals surface area contributed by atoms with E-state index in [0.717, 1.165) is 44.8 Å². The van der Waals surface area contributed by atoms with Crippen LogP contribution in [-0.4, -0.2) is 82.5 Å². The molecule has 16 heteroatoms. The number of methoxy groups -OCH3 is 1. The molecule has 2 aliphatic heterocycles. The van der Waals surface area contributed by atoms with Crippen LogP contribution in [0.3, 0.4) is 0 Å². The lowest BCUT2D eigenvalue weighted by atomic mass is 9.84. The maximum absolute atomic E-state index is 14.5. The maximum atomic E-state index is 14.5. The molecule has 1 saturated carbocycles. The number of hydrogen-bond donors (Lipinski definition) is 2. The van der Waals surface area contributed by atoms with Gasteiger partial charge in [0.2, 0.25) is 5.91 Å². The normalized spacial score (nSPS) is 25.6. The van der Waals surface area contributed by atoms with E-state index < -0.39 is 60.1 Å². The van der Waals surface area contributed by atoms with Gasteiger partial charge < -0.3 is 24.1 Å². The van der Waals surface area contributed by atoms with Crippen molar-refractivity contribution in [3.63, 3.8) is 0 Å². The molecule has 2 amide bonds. The number of aryl methyl sites for hydroxylation is 1. The van der Waals surface area contributed by atoms with Crippen molar-refractivity contribution in [2.45, 2.75) is 97.8 Å². The van der Waals surface area contributed by atoms with E-state index in [1.807, 2.05) is 65.0 Å². The van der Waals surface area contributed by atoms with Crippen molar-refractivity contribution < 1.29 is 41.8 Å². The first kappa shape index (κ1) is 41.8. The number of rotatable bonds is 8. The van der Waals surface area contributed by atoms with Gasteiger partial charge in [0.1, 0.15) is 29.8 Å². The van der Waals surface area contributed by atoms with E-state index in [4.69, 9.17) is 24.2 Å². The first-order chi connectivity index (χ1) is 27.5. The number of hydrazine groups is 1. The summed E-state index contributed by atoms with van der Waals surface area (Å²) >= 11 is 1.05. The fourth-order valence-electron chi connectivity index (χ4n) is 8.33. The summed E-state index contributed by atoms with van der Waals surface area (Å²) in [6, 6.07) is 7.36. The van der Waals surface area contributed by atoms with Gasteiger partial charge in [-0.1, -0.05) is 33.8 Å². The number of ether oxygens (including phenoxy) is 3. The van der Waals surface area contributed by atoms with Crippen molar-refractivity contribution in [2.75, 3.05) is 26.9 Å². The molecule has 3 aliphatic rings. The highest BCUT2D eigenvalue weighted by molar-refractivity contribution is 7.10. The Kier molecular flexibility index (Phi) is 11.8. The Morgan fingerprint density at radius 3 is 2.64 bits per heavy atom. The molecule has 2 fully saturated rings. The number of hydrogen-bond acceptors (Lipinski definition) is 10. The number of carbonyl (C=O) groups is 3. The molecule has 6 bridgehead atoms. The van der Waals surface area contributed by atoms with Crippen LogP contribution in [0.5, 0.6) is 0 Å². The first-order valence-electron chi connectivity index (χ1n) is 19.8. The molecule has 12 nitrogen and oxygen atoms in total. The zero-order valence-corrected chi connectivity index (χ0v) is 34.6. The molecule has 0 unspecified atom stereocenters. The molecule has 58 heavy (non-hydrogen) atoms. The summed E-state index contributed by atoms with van der Waals surface area (Å²) in [5.41, 5.74) is 8.15. The van der Waals surface area contributed by atoms with E-state index >= 15 is 0 Å². The molecule has 312 valence electrons. The summed E-state index contributed by atoms with van der Waals surface area (Å²) in [4.78, 5) is 51.4. The topological polar surface area (TPSA) is 137 Å². The Hall–Kier alpha value is -4.38. The van der Waals surface area contributed by atoms with Crippen molar-refractivity contribution in [2.24, 2.45) is 23.2 Å². The summed E-state index contributed by atoms with van der Waals surface area (Å²) in [6.45, 7) is 11.1. The minimum Gasteiger partial charge on any atom is -0.464 e. The average Bonchev–Trinajstić information content (AvgIpc) is 3.48. The third-order valence-electron chi connectivity index (χ3n) is 11.8. The van der Waals surface area contributed by atoms with Crippen molar-refractivity contribution in [1.82, 2.24) is 30.3 Å². The molecule has 5 heterocycles. The number of pyridine rings is 1. The molecule has 7 rings (SSSR count). The number of aromatic nitrogens is 3. The third kappa shape index (κ3) is 8.38. The molecule has 1 aromatic carbocycles. The lowest BCUT2D eigenvalue weighted by molar-refractivity contribution is -0.192. The largest absolute Gasteiger partial charge is 0.464 e. The Balaban J connectivity index is 1.41. The first-order valence-corrected chi connectivity index (χ1v) is 20.7. The molecule has 7 atom stereocenters. The minimum atomic E-state index is -4.74. The molecule has 0 spiro atoms. The fraction of sp³-hybridized carbons (Fsp3) is 0.548. The van der Waals surface area contributed by atoms with Crippen LogP contribution in [-0.2, 0) is 41.6 Å². The summed E-state index contributed by atoms with van der Waals surface area (Å²) < 4.78 is 61.1. The van der Waals surface area contributed by atoms with E-state index in [-0.39, 0.29) is 36.1 Å². The molecular weight excluding hydrogens is 774 g/mol. The van der Waals surface area contributed by atoms with Crippen molar-refractivity contribution in [1.29, 1.82) is 0 Å². The number of nitrogens with one attached hydrogen (secondary N) is 2. The Morgan fingerprint density at radius 2 is 1.95 bits per heavy atom. The van der Waals surface area contributed by atoms with Crippen LogP contribution >= 0.6 is 11.3 Å². The molecular formula is C42H51F3N6O6S. The lowest BCUT2D eigenvalue weighted by Gasteiger charge is -2.37. The second kappa shape index (κ2) is 16.3. The Bertz CT molecular complexity index is 2180. The molecule has 4 aromatic rings. The van der Waals surface area contributed by atoms with Gasteiger partial charge in [-0.05, 0) is 74.8 Å². The van der Waals surface area contributed by atoms with Gasteiger partial charge in [-0.15, -0.1) is 11.3 Å². The number of alkyl halides is 3. The summed E-state index contributed by atoms with van der Waals surface area (Å²) in [6.07, 6.45) is -3.65. The van der Waals surface area contributed by atoms with E-state index in [2.05, 4.69) is 22.2 Å². The number of carbonyl (C=O) groups excluding carboxylic acids is 3. The number of cyclic esters (lactones) is 1. The number of esters is 1. The van der Waals surface area contributed by atoms with Gasteiger partial charge >= 0.3 is 12.1 Å². The Morgan fingerprint density at radius 1 is 1.19 bits per heavy atom. The maximum Gasteiger partial charge on any atom is 0.411 e. The highest BCUT2D eigenvalue weighted by atomic mass is 32.1. The predicted octanol–water partition coefficient (Wildman–Crippen LogP) is 7.18. The highest BCUT2D eigenvalue weighted by Crippen LogP contribution is 2.46. The number of nitrogens with zero attached hydrogens (tertiary/aromatic N) is 4. The van der Waals surface area contributed by atoms with Gasteiger partial charge in [-0.2, -0.15) is 13.2 Å². The number of halogens is 3. The summed E-state index contributed by atoms with van der Waals surface area (Å²) in [5.74, 6) is -2.12. The minimum absolute atomic E-state index is 0.0304. The summed E-state index contributed by atoms with van der Waals surface area (Å²) in [7, 11) is 1.64. The average molecular weight is 825 g/mol. The van der Waals surface area contributed by atoms with Crippen molar-refractivity contribution in [3.05, 3.63) is 58.2 Å². The van der Waals surface area contributed by atoms with Crippen LogP contribution in [0.4, 0.5) is 13.2 Å².